The molecule has 4 heteroatoms. The molecule has 0 fully saturated rings. The quantitative estimate of drug-likeness (QED) is 0.596. The van der Waals surface area contributed by atoms with Crippen LogP contribution in [-0.2, 0) is 4.79 Å². The molecule has 0 bridgehead atoms. The van der Waals surface area contributed by atoms with Gasteiger partial charge in [0.15, 0.2) is 11.6 Å². The molecule has 0 aliphatic rings. The molecule has 0 saturated carbocycles. The van der Waals surface area contributed by atoms with Crippen LogP contribution in [0.4, 0.5) is 0 Å². The smallest absolute Gasteiger partial charge is 0.170 e. The largest absolute Gasteiger partial charge is 0.299 e. The predicted molar refractivity (Wildman–Crippen MR) is 73.6 cm³/mol. The molecule has 2 aromatic rings. The molecule has 0 radical (unpaired) electrons. The molecule has 0 unspecified atom stereocenters. The van der Waals surface area contributed by atoms with Gasteiger partial charge in [-0.2, -0.15) is 0 Å². The number of nitrogens with zero attached hydrogens (tertiary/aromatic N) is 1. The second-order valence-electron chi connectivity index (χ2n) is 4.34. The summed E-state index contributed by atoms with van der Waals surface area (Å²) < 4.78 is 0. The van der Waals surface area contributed by atoms with Crippen LogP contribution in [0.15, 0.2) is 54.9 Å². The maximum atomic E-state index is 11.8. The number of hydrogen-bond donors (Lipinski definition) is 0. The second kappa shape index (κ2) is 6.52. The topological polar surface area (TPSA) is 64.1 Å². The first-order chi connectivity index (χ1) is 9.66. The maximum absolute atomic E-state index is 11.8. The number of carbonyl (C=O) groups excluding carboxylic acids is 3. The second-order valence-corrected chi connectivity index (χ2v) is 4.34. The van der Waals surface area contributed by atoms with Crippen molar-refractivity contribution >= 4 is 17.3 Å². The standard InChI is InChI=1S/C16H13NO3/c18-14(10-15(19)12-4-2-1-3-5-12)11-16(20)13-6-8-17-9-7-13/h1-9H,10-11H2. The lowest BCUT2D eigenvalue weighted by Gasteiger charge is -2.01. The van der Waals surface area contributed by atoms with Gasteiger partial charge in [0, 0.05) is 23.5 Å². The van der Waals surface area contributed by atoms with E-state index < -0.39 is 0 Å². The average molecular weight is 267 g/mol. The summed E-state index contributed by atoms with van der Waals surface area (Å²) in [5, 5.41) is 0. The predicted octanol–water partition coefficient (Wildman–Crippen LogP) is 2.50. The van der Waals surface area contributed by atoms with Crippen molar-refractivity contribution < 1.29 is 14.4 Å². The number of carbonyl (C=O) groups is 3. The van der Waals surface area contributed by atoms with E-state index in [2.05, 4.69) is 4.98 Å². The van der Waals surface area contributed by atoms with Gasteiger partial charge in [-0.1, -0.05) is 30.3 Å². The minimum absolute atomic E-state index is 0.249. The highest BCUT2D eigenvalue weighted by Crippen LogP contribution is 2.07. The van der Waals surface area contributed by atoms with Crippen molar-refractivity contribution in [2.75, 3.05) is 0 Å². The van der Waals surface area contributed by atoms with Crippen LogP contribution in [-0.4, -0.2) is 22.3 Å². The highest BCUT2D eigenvalue weighted by atomic mass is 16.2. The van der Waals surface area contributed by atoms with Crippen LogP contribution in [0.5, 0.6) is 0 Å². The number of benzene rings is 1. The summed E-state index contributed by atoms with van der Waals surface area (Å²) in [5.41, 5.74) is 0.915. The molecule has 0 atom stereocenters. The first-order valence-corrected chi connectivity index (χ1v) is 6.20. The van der Waals surface area contributed by atoms with Crippen LogP contribution in [0, 0.1) is 0 Å². The number of hydrogen-bond acceptors (Lipinski definition) is 4. The molecule has 1 heterocycles. The van der Waals surface area contributed by atoms with Crippen molar-refractivity contribution in [3.8, 4) is 0 Å². The van der Waals surface area contributed by atoms with E-state index in [1.54, 1.807) is 42.5 Å². The molecule has 0 N–H and O–H groups in total. The monoisotopic (exact) mass is 267 g/mol. The molecule has 2 rings (SSSR count). The van der Waals surface area contributed by atoms with E-state index in [9.17, 15) is 14.4 Å². The zero-order valence-corrected chi connectivity index (χ0v) is 10.8. The van der Waals surface area contributed by atoms with Crippen molar-refractivity contribution in [2.45, 2.75) is 12.8 Å². The summed E-state index contributed by atoms with van der Waals surface area (Å²) in [6, 6.07) is 11.7. The molecule has 20 heavy (non-hydrogen) atoms. The molecule has 0 amide bonds. The molecule has 0 aliphatic carbocycles. The number of aromatic nitrogens is 1. The minimum atomic E-state index is -0.374. The number of rotatable bonds is 6. The van der Waals surface area contributed by atoms with Crippen LogP contribution in [0.25, 0.3) is 0 Å². The Morgan fingerprint density at radius 3 is 1.80 bits per heavy atom. The van der Waals surface area contributed by atoms with E-state index in [-0.39, 0.29) is 30.2 Å². The summed E-state index contributed by atoms with van der Waals surface area (Å²) >= 11 is 0. The van der Waals surface area contributed by atoms with Crippen molar-refractivity contribution in [1.82, 2.24) is 4.98 Å². The summed E-state index contributed by atoms with van der Waals surface area (Å²) in [6.07, 6.45) is 2.48. The van der Waals surface area contributed by atoms with Gasteiger partial charge in [-0.05, 0) is 12.1 Å². The first-order valence-electron chi connectivity index (χ1n) is 6.20. The fourth-order valence-corrected chi connectivity index (χ4v) is 1.79. The van der Waals surface area contributed by atoms with E-state index >= 15 is 0 Å². The molecule has 0 aliphatic heterocycles. The van der Waals surface area contributed by atoms with Crippen molar-refractivity contribution in [2.24, 2.45) is 0 Å². The molecule has 1 aromatic carbocycles. The van der Waals surface area contributed by atoms with E-state index in [4.69, 9.17) is 0 Å². The third-order valence-electron chi connectivity index (χ3n) is 2.81. The highest BCUT2D eigenvalue weighted by Gasteiger charge is 2.16. The third kappa shape index (κ3) is 3.68. The Morgan fingerprint density at radius 1 is 0.750 bits per heavy atom. The molecule has 1 aromatic heterocycles. The summed E-state index contributed by atoms with van der Waals surface area (Å²) in [4.78, 5) is 39.2. The Kier molecular flexibility index (Phi) is 4.50. The zero-order chi connectivity index (χ0) is 14.4. The van der Waals surface area contributed by atoms with Gasteiger partial charge >= 0.3 is 0 Å². The van der Waals surface area contributed by atoms with Gasteiger partial charge in [0.2, 0.25) is 0 Å². The van der Waals surface area contributed by atoms with E-state index in [0.29, 0.717) is 11.1 Å². The molecule has 4 nitrogen and oxygen atoms in total. The molecular formula is C16H13NO3. The Hall–Kier alpha value is -2.62. The normalized spacial score (nSPS) is 10.0. The molecular weight excluding hydrogens is 254 g/mol. The van der Waals surface area contributed by atoms with Crippen LogP contribution in [0.1, 0.15) is 33.6 Å². The van der Waals surface area contributed by atoms with Gasteiger partial charge in [0.25, 0.3) is 0 Å². The van der Waals surface area contributed by atoms with Crippen molar-refractivity contribution in [3.63, 3.8) is 0 Å². The van der Waals surface area contributed by atoms with Crippen LogP contribution in [0.2, 0.25) is 0 Å². The number of pyridine rings is 1. The van der Waals surface area contributed by atoms with Crippen LogP contribution in [0.3, 0.4) is 0 Å². The lowest BCUT2D eigenvalue weighted by atomic mass is 10.0. The van der Waals surface area contributed by atoms with E-state index in [0.717, 1.165) is 0 Å². The summed E-state index contributed by atoms with van der Waals surface area (Å²) in [6.45, 7) is 0. The van der Waals surface area contributed by atoms with Gasteiger partial charge in [-0.25, -0.2) is 0 Å². The Labute approximate surface area is 116 Å². The molecule has 0 spiro atoms. The molecule has 0 saturated heterocycles. The van der Waals surface area contributed by atoms with Gasteiger partial charge in [-0.15, -0.1) is 0 Å². The van der Waals surface area contributed by atoms with Crippen LogP contribution >= 0.6 is 0 Å². The van der Waals surface area contributed by atoms with E-state index in [1.165, 1.54) is 12.4 Å². The minimum Gasteiger partial charge on any atom is -0.299 e. The fraction of sp³-hybridized carbons (Fsp3) is 0.125. The Bertz CT molecular complexity index is 565. The summed E-state index contributed by atoms with van der Waals surface area (Å²) in [5.74, 6) is -0.933. The van der Waals surface area contributed by atoms with Gasteiger partial charge in [-0.3, -0.25) is 19.4 Å². The first kappa shape index (κ1) is 13.8. The lowest BCUT2D eigenvalue weighted by molar-refractivity contribution is -0.117. The average Bonchev–Trinajstić information content (AvgIpc) is 2.49. The maximum Gasteiger partial charge on any atom is 0.170 e. The number of Topliss-reactive ketones (excluding diaryl/α,β-unsaturated/α-hetero) is 3. The third-order valence-corrected chi connectivity index (χ3v) is 2.81. The Balaban J connectivity index is 1.93. The molecule has 100 valence electrons. The van der Waals surface area contributed by atoms with Gasteiger partial charge in [0.1, 0.15) is 5.78 Å². The Morgan fingerprint density at radius 2 is 1.25 bits per heavy atom. The summed E-state index contributed by atoms with van der Waals surface area (Å²) in [7, 11) is 0. The van der Waals surface area contributed by atoms with Gasteiger partial charge in [0.05, 0.1) is 12.8 Å². The number of ketones is 3. The van der Waals surface area contributed by atoms with Gasteiger partial charge < -0.3 is 0 Å². The van der Waals surface area contributed by atoms with Crippen molar-refractivity contribution in [1.29, 1.82) is 0 Å². The van der Waals surface area contributed by atoms with Crippen molar-refractivity contribution in [3.05, 3.63) is 66.0 Å². The zero-order valence-electron chi connectivity index (χ0n) is 10.8. The highest BCUT2D eigenvalue weighted by molar-refractivity contribution is 6.15. The van der Waals surface area contributed by atoms with E-state index in [1.807, 2.05) is 0 Å². The lowest BCUT2D eigenvalue weighted by Crippen LogP contribution is -2.13. The SMILES string of the molecule is O=C(CC(=O)c1ccccc1)CC(=O)c1ccncc1. The fourth-order valence-electron chi connectivity index (χ4n) is 1.79. The van der Waals surface area contributed by atoms with Crippen LogP contribution < -0.4 is 0 Å².